The van der Waals surface area contributed by atoms with Crippen LogP contribution in [0.5, 0.6) is 0 Å². The largest absolute Gasteiger partial charge is 0.447 e. The van der Waals surface area contributed by atoms with Crippen LogP contribution in [0.15, 0.2) is 12.3 Å². The molecule has 0 spiro atoms. The zero-order valence-electron chi connectivity index (χ0n) is 9.07. The van der Waals surface area contributed by atoms with Crippen molar-refractivity contribution in [1.29, 1.82) is 0 Å². The van der Waals surface area contributed by atoms with Gasteiger partial charge < -0.3 is 10.5 Å². The normalized spacial score (nSPS) is 10.1. The number of aromatic nitrogens is 1. The summed E-state index contributed by atoms with van der Waals surface area (Å²) in [6.45, 7) is 5.40. The van der Waals surface area contributed by atoms with Crippen molar-refractivity contribution in [3.05, 3.63) is 17.8 Å². The number of amides is 1. The molecule has 82 valence electrons. The van der Waals surface area contributed by atoms with Crippen LogP contribution in [0.25, 0.3) is 0 Å². The predicted molar refractivity (Wildman–Crippen MR) is 58.6 cm³/mol. The van der Waals surface area contributed by atoms with Crippen LogP contribution in [0, 0.1) is 6.92 Å². The van der Waals surface area contributed by atoms with E-state index in [1.54, 1.807) is 19.9 Å². The molecule has 0 fully saturated rings. The van der Waals surface area contributed by atoms with Crippen LogP contribution in [0.3, 0.4) is 0 Å². The summed E-state index contributed by atoms with van der Waals surface area (Å²) in [6, 6.07) is 1.69. The van der Waals surface area contributed by atoms with Crippen LogP contribution in [-0.4, -0.2) is 17.2 Å². The van der Waals surface area contributed by atoms with Crippen molar-refractivity contribution in [3.8, 4) is 0 Å². The van der Waals surface area contributed by atoms with E-state index in [9.17, 15) is 4.79 Å². The average molecular weight is 209 g/mol. The standard InChI is InChI=1S/C10H15N3O2/c1-6(2)15-10(14)13-9-4-7(3)8(11)5-12-9/h4-6H,11H2,1-3H3,(H,12,13,14). The van der Waals surface area contributed by atoms with Crippen LogP contribution in [0.1, 0.15) is 19.4 Å². The number of hydrogen-bond donors (Lipinski definition) is 2. The van der Waals surface area contributed by atoms with Gasteiger partial charge in [0, 0.05) is 0 Å². The van der Waals surface area contributed by atoms with Gasteiger partial charge in [-0.2, -0.15) is 0 Å². The first-order chi connectivity index (χ1) is 6.99. The van der Waals surface area contributed by atoms with E-state index in [0.29, 0.717) is 11.5 Å². The minimum atomic E-state index is -0.512. The summed E-state index contributed by atoms with van der Waals surface area (Å²) < 4.78 is 4.90. The van der Waals surface area contributed by atoms with Crippen molar-refractivity contribution in [2.24, 2.45) is 0 Å². The van der Waals surface area contributed by atoms with Gasteiger partial charge in [-0.3, -0.25) is 5.32 Å². The Labute approximate surface area is 88.6 Å². The Morgan fingerprint density at radius 3 is 2.80 bits per heavy atom. The highest BCUT2D eigenvalue weighted by Gasteiger charge is 2.06. The molecule has 1 aromatic rings. The number of ether oxygens (including phenoxy) is 1. The van der Waals surface area contributed by atoms with Crippen LogP contribution < -0.4 is 11.1 Å². The summed E-state index contributed by atoms with van der Waals surface area (Å²) >= 11 is 0. The molecule has 0 bridgehead atoms. The van der Waals surface area contributed by atoms with E-state index in [1.165, 1.54) is 6.20 Å². The first-order valence-electron chi connectivity index (χ1n) is 4.69. The van der Waals surface area contributed by atoms with Crippen LogP contribution in [0.2, 0.25) is 0 Å². The fourth-order valence-electron chi connectivity index (χ4n) is 0.983. The van der Waals surface area contributed by atoms with Gasteiger partial charge >= 0.3 is 6.09 Å². The molecule has 0 unspecified atom stereocenters. The Morgan fingerprint density at radius 1 is 1.60 bits per heavy atom. The van der Waals surface area contributed by atoms with Gasteiger partial charge in [-0.1, -0.05) is 0 Å². The quantitative estimate of drug-likeness (QED) is 0.780. The fourth-order valence-corrected chi connectivity index (χ4v) is 0.983. The molecule has 1 aromatic heterocycles. The van der Waals surface area contributed by atoms with Crippen molar-refractivity contribution in [2.45, 2.75) is 26.9 Å². The second-order valence-electron chi connectivity index (χ2n) is 3.51. The number of carbonyl (C=O) groups excluding carboxylic acids is 1. The average Bonchev–Trinajstić information content (AvgIpc) is 2.10. The maximum absolute atomic E-state index is 11.2. The molecule has 0 saturated heterocycles. The predicted octanol–water partition coefficient (Wildman–Crippen LogP) is 1.93. The molecule has 5 heteroatoms. The highest BCUT2D eigenvalue weighted by Crippen LogP contribution is 2.13. The van der Waals surface area contributed by atoms with Gasteiger partial charge in [-0.05, 0) is 32.4 Å². The molecule has 0 aliphatic carbocycles. The monoisotopic (exact) mass is 209 g/mol. The number of anilines is 2. The third-order valence-electron chi connectivity index (χ3n) is 1.72. The van der Waals surface area contributed by atoms with Crippen LogP contribution in [0.4, 0.5) is 16.3 Å². The SMILES string of the molecule is Cc1cc(NC(=O)OC(C)C)ncc1N. The minimum absolute atomic E-state index is 0.153. The molecule has 1 heterocycles. The maximum atomic E-state index is 11.2. The van der Waals surface area contributed by atoms with Gasteiger partial charge in [-0.15, -0.1) is 0 Å². The molecule has 3 N–H and O–H groups in total. The number of nitrogens with one attached hydrogen (secondary N) is 1. The van der Waals surface area contributed by atoms with Crippen LogP contribution in [-0.2, 0) is 4.74 Å². The first kappa shape index (κ1) is 11.3. The van der Waals surface area contributed by atoms with E-state index in [4.69, 9.17) is 10.5 Å². The number of nitrogens with zero attached hydrogens (tertiary/aromatic N) is 1. The summed E-state index contributed by atoms with van der Waals surface area (Å²) in [5.41, 5.74) is 7.05. The van der Waals surface area contributed by atoms with Gasteiger partial charge in [0.15, 0.2) is 0 Å². The number of rotatable bonds is 2. The summed E-state index contributed by atoms with van der Waals surface area (Å²) in [5, 5.41) is 2.51. The second-order valence-corrected chi connectivity index (χ2v) is 3.51. The molecule has 1 rings (SSSR count). The third-order valence-corrected chi connectivity index (χ3v) is 1.72. The van der Waals surface area contributed by atoms with Gasteiger partial charge in [0.2, 0.25) is 0 Å². The number of nitrogen functional groups attached to an aromatic ring is 1. The van der Waals surface area contributed by atoms with Crippen LogP contribution >= 0.6 is 0 Å². The number of aryl methyl sites for hydroxylation is 1. The number of carbonyl (C=O) groups is 1. The Kier molecular flexibility index (Phi) is 3.49. The second kappa shape index (κ2) is 4.63. The van der Waals surface area contributed by atoms with Crippen molar-refractivity contribution < 1.29 is 9.53 Å². The topological polar surface area (TPSA) is 77.2 Å². The Hall–Kier alpha value is -1.78. The van der Waals surface area contributed by atoms with E-state index in [-0.39, 0.29) is 6.10 Å². The summed E-state index contributed by atoms with van der Waals surface area (Å²) in [6.07, 6.45) is 0.835. The summed E-state index contributed by atoms with van der Waals surface area (Å²) in [4.78, 5) is 15.2. The zero-order chi connectivity index (χ0) is 11.4. The Morgan fingerprint density at radius 2 is 2.27 bits per heavy atom. The first-order valence-corrected chi connectivity index (χ1v) is 4.69. The van der Waals surface area contributed by atoms with E-state index in [1.807, 2.05) is 6.92 Å². The Bertz CT molecular complexity index is 364. The smallest absolute Gasteiger partial charge is 0.413 e. The van der Waals surface area contributed by atoms with Gasteiger partial charge in [0.25, 0.3) is 0 Å². The van der Waals surface area contributed by atoms with Crippen molar-refractivity contribution in [3.63, 3.8) is 0 Å². The molecule has 5 nitrogen and oxygen atoms in total. The number of nitrogens with two attached hydrogens (primary N) is 1. The molecule has 0 atom stereocenters. The highest BCUT2D eigenvalue weighted by atomic mass is 16.6. The molecule has 0 saturated carbocycles. The molecule has 0 aromatic carbocycles. The molecular weight excluding hydrogens is 194 g/mol. The van der Waals surface area contributed by atoms with Gasteiger partial charge in [-0.25, -0.2) is 9.78 Å². The van der Waals surface area contributed by atoms with E-state index in [0.717, 1.165) is 5.56 Å². The lowest BCUT2D eigenvalue weighted by Crippen LogP contribution is -2.18. The number of hydrogen-bond acceptors (Lipinski definition) is 4. The molecule has 0 radical (unpaired) electrons. The number of pyridine rings is 1. The van der Waals surface area contributed by atoms with Gasteiger partial charge in [0.05, 0.1) is 18.0 Å². The van der Waals surface area contributed by atoms with Crippen molar-refractivity contribution in [2.75, 3.05) is 11.1 Å². The summed E-state index contributed by atoms with van der Waals surface area (Å²) in [5.74, 6) is 0.437. The molecule has 0 aliphatic rings. The van der Waals surface area contributed by atoms with Crippen molar-refractivity contribution in [1.82, 2.24) is 4.98 Å². The third kappa shape index (κ3) is 3.46. The van der Waals surface area contributed by atoms with E-state index < -0.39 is 6.09 Å². The minimum Gasteiger partial charge on any atom is -0.447 e. The van der Waals surface area contributed by atoms with Crippen molar-refractivity contribution >= 4 is 17.6 Å². The molecule has 1 amide bonds. The molecular formula is C10H15N3O2. The fraction of sp³-hybridized carbons (Fsp3) is 0.400. The lowest BCUT2D eigenvalue weighted by atomic mass is 10.2. The Balaban J connectivity index is 2.65. The highest BCUT2D eigenvalue weighted by molar-refractivity contribution is 5.83. The van der Waals surface area contributed by atoms with E-state index >= 15 is 0 Å². The van der Waals surface area contributed by atoms with E-state index in [2.05, 4.69) is 10.3 Å². The summed E-state index contributed by atoms with van der Waals surface area (Å²) in [7, 11) is 0. The lowest BCUT2D eigenvalue weighted by molar-refractivity contribution is 0.130. The molecule has 0 aliphatic heterocycles. The molecule has 15 heavy (non-hydrogen) atoms. The lowest BCUT2D eigenvalue weighted by Gasteiger charge is -2.09. The zero-order valence-corrected chi connectivity index (χ0v) is 9.07. The maximum Gasteiger partial charge on any atom is 0.413 e. The van der Waals surface area contributed by atoms with Gasteiger partial charge in [0.1, 0.15) is 5.82 Å².